The lowest BCUT2D eigenvalue weighted by molar-refractivity contribution is -0.918. The second kappa shape index (κ2) is 9.16. The van der Waals surface area contributed by atoms with Gasteiger partial charge in [0, 0.05) is 11.3 Å². The van der Waals surface area contributed by atoms with Crippen LogP contribution in [0, 0.1) is 0 Å². The molecule has 3 heterocycles. The Labute approximate surface area is 183 Å². The number of rotatable bonds is 5. The van der Waals surface area contributed by atoms with Crippen molar-refractivity contribution in [2.45, 2.75) is 6.54 Å². The zero-order valence-corrected chi connectivity index (χ0v) is 18.0. The molecule has 164 valence electrons. The van der Waals surface area contributed by atoms with Gasteiger partial charge in [-0.3, -0.25) is 4.79 Å². The average Bonchev–Trinajstić information content (AvgIpc) is 3.29. The summed E-state index contributed by atoms with van der Waals surface area (Å²) in [6.45, 7) is 9.67. The minimum atomic E-state index is 0.310. The summed E-state index contributed by atoms with van der Waals surface area (Å²) in [5, 5.41) is 0. The van der Waals surface area contributed by atoms with Crippen LogP contribution in [0.15, 0.2) is 48.5 Å². The van der Waals surface area contributed by atoms with E-state index in [1.807, 2.05) is 6.07 Å². The fourth-order valence-corrected chi connectivity index (χ4v) is 4.81. The number of fused-ring (bicyclic) bond motifs is 1. The van der Waals surface area contributed by atoms with E-state index in [1.54, 1.807) is 0 Å². The van der Waals surface area contributed by atoms with Crippen LogP contribution in [0.4, 0.5) is 5.69 Å². The van der Waals surface area contributed by atoms with E-state index in [2.05, 4.69) is 52.3 Å². The van der Waals surface area contributed by atoms with Crippen molar-refractivity contribution in [3.05, 3.63) is 54.1 Å². The molecule has 0 radical (unpaired) electrons. The van der Waals surface area contributed by atoms with Crippen molar-refractivity contribution >= 4 is 11.6 Å². The third-order valence-corrected chi connectivity index (χ3v) is 6.71. The second-order valence-electron chi connectivity index (χ2n) is 8.74. The molecule has 0 aromatic heterocycles. The summed E-state index contributed by atoms with van der Waals surface area (Å²) in [4.78, 5) is 20.3. The van der Waals surface area contributed by atoms with Crippen LogP contribution < -0.4 is 24.2 Å². The Kier molecular flexibility index (Phi) is 5.95. The third-order valence-electron chi connectivity index (χ3n) is 6.71. The van der Waals surface area contributed by atoms with Gasteiger partial charge in [-0.2, -0.15) is 0 Å². The molecule has 0 saturated carbocycles. The van der Waals surface area contributed by atoms with Crippen molar-refractivity contribution in [2.75, 3.05) is 70.6 Å². The number of nitrogens with one attached hydrogen (secondary N) is 2. The minimum Gasteiger partial charge on any atom is -0.454 e. The normalized spacial score (nSPS) is 19.6. The van der Waals surface area contributed by atoms with E-state index in [4.69, 9.17) is 9.47 Å². The average molecular weight is 425 g/mol. The molecule has 1 amide bonds. The number of carbonyl (C=O) groups is 1. The van der Waals surface area contributed by atoms with Gasteiger partial charge in [-0.25, -0.2) is 0 Å². The molecule has 0 spiro atoms. The Morgan fingerprint density at radius 3 is 2.32 bits per heavy atom. The number of benzene rings is 2. The quantitative estimate of drug-likeness (QED) is 0.650. The SMILES string of the molecule is O=C(C[NH+]1CCN(c2ccccc2)CC1)N1CC[NH+](Cc2ccc3c(c2)OCO3)CC1. The van der Waals surface area contributed by atoms with E-state index in [-0.39, 0.29) is 0 Å². The highest BCUT2D eigenvalue weighted by molar-refractivity contribution is 5.77. The molecule has 0 aliphatic carbocycles. The largest absolute Gasteiger partial charge is 0.454 e. The van der Waals surface area contributed by atoms with Crippen LogP contribution in [-0.4, -0.2) is 76.5 Å². The molecular formula is C24H32N4O3+2. The second-order valence-corrected chi connectivity index (χ2v) is 8.74. The smallest absolute Gasteiger partial charge is 0.278 e. The molecule has 0 unspecified atom stereocenters. The Balaban J connectivity index is 1.05. The summed E-state index contributed by atoms with van der Waals surface area (Å²) in [6.07, 6.45) is 0. The van der Waals surface area contributed by atoms with Crippen LogP contribution in [0.3, 0.4) is 0 Å². The number of ether oxygens (including phenoxy) is 2. The number of carbonyl (C=O) groups excluding carboxylic acids is 1. The van der Waals surface area contributed by atoms with Gasteiger partial charge in [0.2, 0.25) is 6.79 Å². The van der Waals surface area contributed by atoms with E-state index in [0.29, 0.717) is 19.2 Å². The molecule has 3 aliphatic heterocycles. The highest BCUT2D eigenvalue weighted by Crippen LogP contribution is 2.32. The Morgan fingerprint density at radius 1 is 0.839 bits per heavy atom. The van der Waals surface area contributed by atoms with Gasteiger partial charge in [-0.15, -0.1) is 0 Å². The van der Waals surface area contributed by atoms with Gasteiger partial charge < -0.3 is 29.1 Å². The van der Waals surface area contributed by atoms with Gasteiger partial charge in [0.05, 0.1) is 52.4 Å². The lowest BCUT2D eigenvalue weighted by atomic mass is 10.1. The maximum absolute atomic E-state index is 12.9. The number of anilines is 1. The van der Waals surface area contributed by atoms with Crippen LogP contribution in [0.25, 0.3) is 0 Å². The van der Waals surface area contributed by atoms with Crippen molar-refractivity contribution in [2.24, 2.45) is 0 Å². The van der Waals surface area contributed by atoms with Crippen LogP contribution in [0.1, 0.15) is 5.56 Å². The first-order valence-corrected chi connectivity index (χ1v) is 11.4. The van der Waals surface area contributed by atoms with Gasteiger partial charge in [-0.05, 0) is 30.3 Å². The number of piperazine rings is 2. The van der Waals surface area contributed by atoms with Crippen LogP contribution in [-0.2, 0) is 11.3 Å². The predicted molar refractivity (Wildman–Crippen MR) is 118 cm³/mol. The lowest BCUT2D eigenvalue weighted by Crippen LogP contribution is -3.16. The number of hydrogen-bond acceptors (Lipinski definition) is 4. The van der Waals surface area contributed by atoms with Crippen molar-refractivity contribution in [1.82, 2.24) is 4.90 Å². The monoisotopic (exact) mass is 424 g/mol. The first kappa shape index (κ1) is 20.2. The topological polar surface area (TPSA) is 50.9 Å². The van der Waals surface area contributed by atoms with Crippen LogP contribution in [0.2, 0.25) is 0 Å². The molecule has 31 heavy (non-hydrogen) atoms. The summed E-state index contributed by atoms with van der Waals surface area (Å²) in [7, 11) is 0. The Bertz CT molecular complexity index is 891. The zero-order chi connectivity index (χ0) is 21.0. The maximum atomic E-state index is 12.9. The fourth-order valence-electron chi connectivity index (χ4n) is 4.81. The molecule has 2 aromatic carbocycles. The summed E-state index contributed by atoms with van der Waals surface area (Å²) in [6, 6.07) is 16.8. The van der Waals surface area contributed by atoms with E-state index >= 15 is 0 Å². The van der Waals surface area contributed by atoms with E-state index in [9.17, 15) is 4.79 Å². The molecule has 2 aromatic rings. The van der Waals surface area contributed by atoms with Crippen molar-refractivity contribution in [3.8, 4) is 11.5 Å². The maximum Gasteiger partial charge on any atom is 0.278 e. The fraction of sp³-hybridized carbons (Fsp3) is 0.458. The summed E-state index contributed by atoms with van der Waals surface area (Å²) >= 11 is 0. The Hall–Kier alpha value is -2.77. The number of hydrogen-bond donors (Lipinski definition) is 2. The molecule has 7 heteroatoms. The third kappa shape index (κ3) is 4.78. The molecule has 2 N–H and O–H groups in total. The highest BCUT2D eigenvalue weighted by Gasteiger charge is 2.28. The molecular weight excluding hydrogens is 392 g/mol. The van der Waals surface area contributed by atoms with E-state index < -0.39 is 0 Å². The Morgan fingerprint density at radius 2 is 1.55 bits per heavy atom. The van der Waals surface area contributed by atoms with Gasteiger partial charge in [-0.1, -0.05) is 18.2 Å². The zero-order valence-electron chi connectivity index (χ0n) is 18.0. The number of nitrogens with zero attached hydrogens (tertiary/aromatic N) is 2. The minimum absolute atomic E-state index is 0.310. The molecule has 7 nitrogen and oxygen atoms in total. The van der Waals surface area contributed by atoms with Crippen LogP contribution >= 0.6 is 0 Å². The number of para-hydroxylation sites is 1. The molecule has 0 atom stereocenters. The summed E-state index contributed by atoms with van der Waals surface area (Å²) < 4.78 is 10.9. The molecule has 3 aliphatic rings. The predicted octanol–water partition coefficient (Wildman–Crippen LogP) is -0.952. The number of quaternary nitrogens is 2. The molecule has 2 saturated heterocycles. The van der Waals surface area contributed by atoms with Gasteiger partial charge >= 0.3 is 0 Å². The summed E-state index contributed by atoms with van der Waals surface area (Å²) in [5.74, 6) is 1.99. The lowest BCUT2D eigenvalue weighted by Gasteiger charge is -2.36. The van der Waals surface area contributed by atoms with Gasteiger partial charge in [0.25, 0.3) is 5.91 Å². The first-order valence-electron chi connectivity index (χ1n) is 11.4. The standard InChI is InChI=1S/C24H30N4O3/c29-24(18-26-8-12-27(13-9-26)21-4-2-1-3-5-21)28-14-10-25(11-15-28)17-20-6-7-22-23(16-20)31-19-30-22/h1-7,16H,8-15,17-19H2/p+2. The molecule has 5 rings (SSSR count). The first-order chi connectivity index (χ1) is 15.2. The van der Waals surface area contributed by atoms with Gasteiger partial charge in [0.1, 0.15) is 6.54 Å². The number of amides is 1. The van der Waals surface area contributed by atoms with E-state index in [1.165, 1.54) is 21.1 Å². The molecule has 2 fully saturated rings. The van der Waals surface area contributed by atoms with Gasteiger partial charge in [0.15, 0.2) is 18.0 Å². The van der Waals surface area contributed by atoms with E-state index in [0.717, 1.165) is 70.4 Å². The summed E-state index contributed by atoms with van der Waals surface area (Å²) in [5.41, 5.74) is 2.55. The highest BCUT2D eigenvalue weighted by atomic mass is 16.7. The van der Waals surface area contributed by atoms with Crippen molar-refractivity contribution < 1.29 is 24.1 Å². The van der Waals surface area contributed by atoms with Crippen LogP contribution in [0.5, 0.6) is 11.5 Å². The van der Waals surface area contributed by atoms with Crippen molar-refractivity contribution in [3.63, 3.8) is 0 Å². The molecule has 0 bridgehead atoms. The van der Waals surface area contributed by atoms with Crippen molar-refractivity contribution in [1.29, 1.82) is 0 Å².